The lowest BCUT2D eigenvalue weighted by atomic mass is 9.85. The van der Waals surface area contributed by atoms with Gasteiger partial charge in [0.25, 0.3) is 11.8 Å². The van der Waals surface area contributed by atoms with E-state index in [1.54, 1.807) is 6.92 Å². The molecule has 36 heavy (non-hydrogen) atoms. The van der Waals surface area contributed by atoms with Crippen molar-refractivity contribution in [3.63, 3.8) is 0 Å². The molecular weight excluding hydrogens is 491 g/mol. The van der Waals surface area contributed by atoms with Gasteiger partial charge in [-0.05, 0) is 44.6 Å². The summed E-state index contributed by atoms with van der Waals surface area (Å²) >= 11 is 5.89. The number of nitrogens with one attached hydrogen (secondary N) is 3. The number of benzene rings is 1. The van der Waals surface area contributed by atoms with Crippen LogP contribution in [0.25, 0.3) is 10.9 Å². The van der Waals surface area contributed by atoms with Gasteiger partial charge in [0.1, 0.15) is 5.69 Å². The zero-order valence-electron chi connectivity index (χ0n) is 20.4. The predicted molar refractivity (Wildman–Crippen MR) is 130 cm³/mol. The van der Waals surface area contributed by atoms with Gasteiger partial charge in [0.15, 0.2) is 5.82 Å². The number of carbonyl (C=O) groups excluding carboxylic acids is 4. The Morgan fingerprint density at radius 1 is 1.31 bits per heavy atom. The molecule has 4 rings (SSSR count). The average Bonchev–Trinajstić information content (AvgIpc) is 3.46. The number of nitrogens with two attached hydrogens (primary N) is 1. The number of aromatic amines is 1. The summed E-state index contributed by atoms with van der Waals surface area (Å²) in [5, 5.41) is 3.07. The summed E-state index contributed by atoms with van der Waals surface area (Å²) in [4.78, 5) is 57.9. The highest BCUT2D eigenvalue weighted by molar-refractivity contribution is 6.31. The number of primary amides is 1. The Morgan fingerprint density at radius 3 is 2.58 bits per heavy atom. The van der Waals surface area contributed by atoms with Crippen LogP contribution in [-0.4, -0.2) is 34.2 Å². The molecule has 1 saturated heterocycles. The molecule has 194 valence electrons. The van der Waals surface area contributed by atoms with E-state index in [-0.39, 0.29) is 57.4 Å². The van der Waals surface area contributed by atoms with Gasteiger partial charge >= 0.3 is 5.97 Å². The molecule has 0 bridgehead atoms. The Kier molecular flexibility index (Phi) is 7.01. The predicted octanol–water partition coefficient (Wildman–Crippen LogP) is 3.46. The van der Waals surface area contributed by atoms with Crippen LogP contribution in [-0.2, 0) is 19.2 Å². The maximum atomic E-state index is 14.7. The van der Waals surface area contributed by atoms with Gasteiger partial charge < -0.3 is 20.9 Å². The summed E-state index contributed by atoms with van der Waals surface area (Å²) in [7, 11) is 0. The zero-order chi connectivity index (χ0) is 26.4. The fraction of sp³-hybridized carbons (Fsp3) is 0.520. The SMILES string of the molecule is CC(CC(=O)ONC(=O)[C@@H](CC1CC1)c1c(C(N)=O)[nH]c2c(F)c(Cl)ccc12)[C@H]1CC(C)(C)NC1=O. The Hall–Kier alpha value is -3.14. The lowest BCUT2D eigenvalue weighted by molar-refractivity contribution is -0.160. The van der Waals surface area contributed by atoms with E-state index in [2.05, 4.69) is 15.8 Å². The number of fused-ring (bicyclic) bond motifs is 1. The van der Waals surface area contributed by atoms with Crippen LogP contribution in [0.5, 0.6) is 0 Å². The maximum absolute atomic E-state index is 14.7. The van der Waals surface area contributed by atoms with Gasteiger partial charge in [0, 0.05) is 22.4 Å². The quantitative estimate of drug-likeness (QED) is 0.394. The third-order valence-corrected chi connectivity index (χ3v) is 7.34. The van der Waals surface area contributed by atoms with Crippen LogP contribution in [0.3, 0.4) is 0 Å². The molecule has 11 heteroatoms. The Labute approximate surface area is 212 Å². The van der Waals surface area contributed by atoms with E-state index in [4.69, 9.17) is 22.2 Å². The van der Waals surface area contributed by atoms with E-state index in [0.717, 1.165) is 12.8 Å². The molecule has 2 fully saturated rings. The third-order valence-electron chi connectivity index (χ3n) is 7.05. The molecule has 1 aromatic heterocycles. The molecule has 1 saturated carbocycles. The largest absolute Gasteiger partial charge is 0.364 e. The molecule has 9 nitrogen and oxygen atoms in total. The van der Waals surface area contributed by atoms with Gasteiger partial charge in [-0.25, -0.2) is 9.18 Å². The molecule has 2 heterocycles. The molecular formula is C25H30ClFN4O5. The van der Waals surface area contributed by atoms with Crippen LogP contribution in [0.2, 0.25) is 5.02 Å². The number of hydroxylamine groups is 1. The fourth-order valence-corrected chi connectivity index (χ4v) is 5.19. The minimum Gasteiger partial charge on any atom is -0.364 e. The van der Waals surface area contributed by atoms with Crippen LogP contribution in [0, 0.1) is 23.6 Å². The zero-order valence-corrected chi connectivity index (χ0v) is 21.1. The highest BCUT2D eigenvalue weighted by atomic mass is 35.5. The van der Waals surface area contributed by atoms with Gasteiger partial charge in [-0.15, -0.1) is 0 Å². The molecule has 3 atom stereocenters. The first-order valence-corrected chi connectivity index (χ1v) is 12.4. The van der Waals surface area contributed by atoms with Gasteiger partial charge in [-0.3, -0.25) is 14.4 Å². The van der Waals surface area contributed by atoms with E-state index in [9.17, 15) is 23.6 Å². The Bertz CT molecular complexity index is 1240. The van der Waals surface area contributed by atoms with Crippen molar-refractivity contribution in [3.05, 3.63) is 34.2 Å². The van der Waals surface area contributed by atoms with E-state index in [1.807, 2.05) is 13.8 Å². The van der Waals surface area contributed by atoms with Crippen LogP contribution >= 0.6 is 11.6 Å². The number of hydrogen-bond acceptors (Lipinski definition) is 5. The van der Waals surface area contributed by atoms with Crippen molar-refractivity contribution >= 4 is 46.2 Å². The second-order valence-electron chi connectivity index (χ2n) is 10.6. The Morgan fingerprint density at radius 2 is 2.00 bits per heavy atom. The maximum Gasteiger partial charge on any atom is 0.332 e. The van der Waals surface area contributed by atoms with Gasteiger partial charge in [0.2, 0.25) is 5.91 Å². The van der Waals surface area contributed by atoms with E-state index in [0.29, 0.717) is 18.2 Å². The highest BCUT2D eigenvalue weighted by Crippen LogP contribution is 2.42. The lowest BCUT2D eigenvalue weighted by Crippen LogP contribution is -2.35. The number of hydrogen-bond donors (Lipinski definition) is 4. The molecule has 1 aliphatic heterocycles. The summed E-state index contributed by atoms with van der Waals surface area (Å²) in [5.41, 5.74) is 7.53. The molecule has 2 aromatic rings. The Balaban J connectivity index is 1.51. The van der Waals surface area contributed by atoms with Crippen LogP contribution in [0.4, 0.5) is 4.39 Å². The number of amides is 3. The van der Waals surface area contributed by atoms with Crippen LogP contribution < -0.4 is 16.5 Å². The molecule has 0 spiro atoms. The van der Waals surface area contributed by atoms with Crippen molar-refractivity contribution < 1.29 is 28.4 Å². The van der Waals surface area contributed by atoms with Crippen molar-refractivity contribution in [1.29, 1.82) is 0 Å². The standard InChI is InChI=1S/C25H30ClFN4O5/c1-11(15-10-25(2,3)30-23(15)34)8-17(32)36-31-24(35)14(9-12-4-5-12)18-13-6-7-16(26)19(27)20(13)29-21(18)22(28)33/h6-7,11-12,14-15,29H,4-5,8-10H2,1-3H3,(H2,28,33)(H,30,34)(H,31,35)/t11?,14-,15+/m0/s1. The van der Waals surface area contributed by atoms with Gasteiger partial charge in [-0.2, -0.15) is 5.48 Å². The van der Waals surface area contributed by atoms with Crippen molar-refractivity contribution in [2.24, 2.45) is 23.5 Å². The molecule has 2 aliphatic rings. The number of carbonyl (C=O) groups is 4. The topological polar surface area (TPSA) is 143 Å². The first-order chi connectivity index (χ1) is 16.9. The second kappa shape index (κ2) is 9.72. The molecule has 3 amide bonds. The monoisotopic (exact) mass is 520 g/mol. The average molecular weight is 521 g/mol. The van der Waals surface area contributed by atoms with Crippen molar-refractivity contribution in [1.82, 2.24) is 15.8 Å². The molecule has 1 unspecified atom stereocenters. The normalized spacial score (nSPS) is 20.6. The summed E-state index contributed by atoms with van der Waals surface area (Å²) in [6.45, 7) is 5.62. The van der Waals surface area contributed by atoms with Gasteiger partial charge in [0.05, 0.1) is 22.9 Å². The van der Waals surface area contributed by atoms with Gasteiger partial charge in [-0.1, -0.05) is 37.4 Å². The number of halogens is 2. The second-order valence-corrected chi connectivity index (χ2v) is 11.0. The first-order valence-electron chi connectivity index (χ1n) is 12.0. The lowest BCUT2D eigenvalue weighted by Gasteiger charge is -2.20. The van der Waals surface area contributed by atoms with E-state index >= 15 is 0 Å². The smallest absolute Gasteiger partial charge is 0.332 e. The number of H-pyrrole nitrogens is 1. The summed E-state index contributed by atoms with van der Waals surface area (Å²) in [6, 6.07) is 2.86. The number of rotatable bonds is 8. The van der Waals surface area contributed by atoms with Crippen molar-refractivity contribution in [3.8, 4) is 0 Å². The molecule has 1 aromatic carbocycles. The molecule has 5 N–H and O–H groups in total. The van der Waals surface area contributed by atoms with Crippen molar-refractivity contribution in [2.45, 2.75) is 64.3 Å². The molecule has 1 aliphatic carbocycles. The highest BCUT2D eigenvalue weighted by Gasteiger charge is 2.41. The van der Waals surface area contributed by atoms with Crippen molar-refractivity contribution in [2.75, 3.05) is 0 Å². The van der Waals surface area contributed by atoms with E-state index in [1.165, 1.54) is 12.1 Å². The van der Waals surface area contributed by atoms with E-state index < -0.39 is 29.5 Å². The first kappa shape index (κ1) is 25.9. The fourth-order valence-electron chi connectivity index (χ4n) is 5.03. The summed E-state index contributed by atoms with van der Waals surface area (Å²) in [6.07, 6.45) is 2.72. The number of aromatic nitrogens is 1. The third kappa shape index (κ3) is 5.33. The summed E-state index contributed by atoms with van der Waals surface area (Å²) < 4.78 is 14.7. The van der Waals surface area contributed by atoms with Crippen LogP contribution in [0.1, 0.15) is 74.8 Å². The van der Waals surface area contributed by atoms with Crippen LogP contribution in [0.15, 0.2) is 12.1 Å². The minimum atomic E-state index is -0.916. The summed E-state index contributed by atoms with van der Waals surface area (Å²) in [5.74, 6) is -4.36. The molecule has 0 radical (unpaired) electrons. The minimum absolute atomic E-state index is 0.0246.